The quantitative estimate of drug-likeness (QED) is 0.678. The van der Waals surface area contributed by atoms with Gasteiger partial charge in [-0.1, -0.05) is 18.6 Å². The van der Waals surface area contributed by atoms with E-state index in [2.05, 4.69) is 4.90 Å². The van der Waals surface area contributed by atoms with Crippen LogP contribution in [0.2, 0.25) is 0 Å². The van der Waals surface area contributed by atoms with Gasteiger partial charge in [0.05, 0.1) is 7.11 Å². The molecule has 146 valence electrons. The van der Waals surface area contributed by atoms with Crippen molar-refractivity contribution in [3.8, 4) is 22.6 Å². The van der Waals surface area contributed by atoms with Crippen molar-refractivity contribution in [2.45, 2.75) is 32.7 Å². The van der Waals surface area contributed by atoms with Crippen LogP contribution in [0.5, 0.6) is 11.5 Å². The molecular formula is C23H25NO4. The zero-order valence-electron chi connectivity index (χ0n) is 16.3. The van der Waals surface area contributed by atoms with Crippen molar-refractivity contribution in [3.63, 3.8) is 0 Å². The summed E-state index contributed by atoms with van der Waals surface area (Å²) in [6.45, 7) is 4.60. The minimum atomic E-state index is -0.426. The number of methoxy groups -OCH3 is 1. The van der Waals surface area contributed by atoms with Crippen molar-refractivity contribution in [1.82, 2.24) is 4.90 Å². The maximum atomic E-state index is 12.2. The maximum Gasteiger partial charge on any atom is 0.336 e. The van der Waals surface area contributed by atoms with Crippen molar-refractivity contribution >= 4 is 11.0 Å². The lowest BCUT2D eigenvalue weighted by Crippen LogP contribution is -2.29. The normalized spacial score (nSPS) is 15.1. The first kappa shape index (κ1) is 18.6. The number of rotatable bonds is 4. The van der Waals surface area contributed by atoms with Crippen LogP contribution in [0.25, 0.3) is 22.1 Å². The van der Waals surface area contributed by atoms with Crippen LogP contribution < -0.4 is 10.4 Å². The Hall–Kier alpha value is -2.79. The molecule has 4 rings (SSSR count). The molecule has 2 heterocycles. The lowest BCUT2D eigenvalue weighted by Gasteiger charge is -2.27. The molecule has 1 fully saturated rings. The van der Waals surface area contributed by atoms with Crippen molar-refractivity contribution in [2.75, 3.05) is 20.2 Å². The average molecular weight is 379 g/mol. The van der Waals surface area contributed by atoms with Gasteiger partial charge in [0.25, 0.3) is 0 Å². The lowest BCUT2D eigenvalue weighted by molar-refractivity contribution is 0.218. The number of hydrogen-bond donors (Lipinski definition) is 1. The summed E-state index contributed by atoms with van der Waals surface area (Å²) in [4.78, 5) is 14.6. The minimum Gasteiger partial charge on any atom is -0.507 e. The molecule has 2 aromatic carbocycles. The van der Waals surface area contributed by atoms with Gasteiger partial charge in [0.2, 0.25) is 0 Å². The van der Waals surface area contributed by atoms with E-state index < -0.39 is 5.63 Å². The topological polar surface area (TPSA) is 62.9 Å². The molecule has 28 heavy (non-hydrogen) atoms. The van der Waals surface area contributed by atoms with Crippen LogP contribution in [0.3, 0.4) is 0 Å². The predicted octanol–water partition coefficient (Wildman–Crippen LogP) is 4.47. The second-order valence-corrected chi connectivity index (χ2v) is 7.43. The highest BCUT2D eigenvalue weighted by molar-refractivity contribution is 5.96. The summed E-state index contributed by atoms with van der Waals surface area (Å²) in [6, 6.07) is 11.1. The number of benzene rings is 2. The monoisotopic (exact) mass is 379 g/mol. The van der Waals surface area contributed by atoms with E-state index in [1.807, 2.05) is 30.3 Å². The summed E-state index contributed by atoms with van der Waals surface area (Å²) < 4.78 is 10.7. The number of aromatic hydroxyl groups is 1. The van der Waals surface area contributed by atoms with Crippen molar-refractivity contribution in [3.05, 3.63) is 57.9 Å². The Balaban J connectivity index is 1.85. The lowest BCUT2D eigenvalue weighted by atomic mass is 9.97. The highest BCUT2D eigenvalue weighted by atomic mass is 16.5. The molecule has 1 aliphatic rings. The molecule has 0 atom stereocenters. The number of aryl methyl sites for hydroxylation is 1. The smallest absolute Gasteiger partial charge is 0.336 e. The average Bonchev–Trinajstić information content (AvgIpc) is 2.73. The highest BCUT2D eigenvalue weighted by Gasteiger charge is 2.19. The van der Waals surface area contributed by atoms with E-state index in [1.54, 1.807) is 14.0 Å². The Bertz CT molecular complexity index is 1050. The molecule has 0 radical (unpaired) electrons. The van der Waals surface area contributed by atoms with E-state index in [4.69, 9.17) is 9.15 Å². The molecule has 5 nitrogen and oxygen atoms in total. The predicted molar refractivity (Wildman–Crippen MR) is 110 cm³/mol. The molecule has 3 aromatic rings. The Morgan fingerprint density at radius 3 is 2.50 bits per heavy atom. The van der Waals surface area contributed by atoms with Crippen molar-refractivity contribution in [1.29, 1.82) is 0 Å². The van der Waals surface area contributed by atoms with E-state index >= 15 is 0 Å². The van der Waals surface area contributed by atoms with Crippen LogP contribution in [-0.2, 0) is 6.54 Å². The molecule has 0 bridgehead atoms. The summed E-state index contributed by atoms with van der Waals surface area (Å²) in [5.41, 5.74) is 3.21. The molecule has 1 aromatic heterocycles. The summed E-state index contributed by atoms with van der Waals surface area (Å²) >= 11 is 0. The number of hydrogen-bond acceptors (Lipinski definition) is 5. The van der Waals surface area contributed by atoms with Crippen LogP contribution >= 0.6 is 0 Å². The number of nitrogens with zero attached hydrogens (tertiary/aromatic N) is 1. The number of phenolic OH excluding ortho intramolecular Hbond substituents is 1. The Labute approximate surface area is 164 Å². The van der Waals surface area contributed by atoms with Crippen LogP contribution in [-0.4, -0.2) is 30.2 Å². The van der Waals surface area contributed by atoms with E-state index in [1.165, 1.54) is 25.3 Å². The Morgan fingerprint density at radius 2 is 1.82 bits per heavy atom. The molecule has 1 N–H and O–H groups in total. The second-order valence-electron chi connectivity index (χ2n) is 7.43. The van der Waals surface area contributed by atoms with Gasteiger partial charge in [-0.2, -0.15) is 0 Å². The van der Waals surface area contributed by atoms with E-state index in [0.29, 0.717) is 17.7 Å². The second kappa shape index (κ2) is 7.68. The Morgan fingerprint density at radius 1 is 1.11 bits per heavy atom. The van der Waals surface area contributed by atoms with Gasteiger partial charge < -0.3 is 14.3 Å². The van der Waals surface area contributed by atoms with E-state index in [0.717, 1.165) is 40.9 Å². The summed E-state index contributed by atoms with van der Waals surface area (Å²) in [6.07, 6.45) is 3.66. The molecule has 0 aliphatic carbocycles. The first-order valence-electron chi connectivity index (χ1n) is 9.73. The van der Waals surface area contributed by atoms with Gasteiger partial charge in [0, 0.05) is 29.1 Å². The first-order chi connectivity index (χ1) is 13.6. The first-order valence-corrected chi connectivity index (χ1v) is 9.73. The molecular weight excluding hydrogens is 354 g/mol. The van der Waals surface area contributed by atoms with Crippen LogP contribution in [0, 0.1) is 6.92 Å². The Kier molecular flexibility index (Phi) is 5.09. The van der Waals surface area contributed by atoms with Gasteiger partial charge in [-0.05, 0) is 62.2 Å². The summed E-state index contributed by atoms with van der Waals surface area (Å²) in [5.74, 6) is 0.976. The van der Waals surface area contributed by atoms with Gasteiger partial charge in [-0.25, -0.2) is 4.79 Å². The van der Waals surface area contributed by atoms with Crippen LogP contribution in [0.1, 0.15) is 30.4 Å². The molecule has 0 amide bonds. The van der Waals surface area contributed by atoms with Crippen LogP contribution in [0.4, 0.5) is 0 Å². The van der Waals surface area contributed by atoms with Gasteiger partial charge in [-0.15, -0.1) is 0 Å². The SMILES string of the molecule is COc1ccc(-c2cc(=O)oc3c(C)c(O)c(CN4CCCCC4)cc23)cc1. The molecule has 1 saturated heterocycles. The van der Waals surface area contributed by atoms with Gasteiger partial charge in [0.1, 0.15) is 17.1 Å². The van der Waals surface area contributed by atoms with Gasteiger partial charge >= 0.3 is 5.63 Å². The fourth-order valence-corrected chi connectivity index (χ4v) is 4.00. The van der Waals surface area contributed by atoms with E-state index in [9.17, 15) is 9.90 Å². The van der Waals surface area contributed by atoms with Gasteiger partial charge in [-0.3, -0.25) is 4.90 Å². The van der Waals surface area contributed by atoms with Crippen molar-refractivity contribution in [2.24, 2.45) is 0 Å². The summed E-state index contributed by atoms with van der Waals surface area (Å²) in [7, 11) is 1.63. The largest absolute Gasteiger partial charge is 0.507 e. The number of likely N-dealkylation sites (tertiary alicyclic amines) is 1. The zero-order chi connectivity index (χ0) is 19.7. The molecule has 5 heteroatoms. The number of piperidine rings is 1. The summed E-state index contributed by atoms with van der Waals surface area (Å²) in [5, 5.41) is 11.6. The van der Waals surface area contributed by atoms with Gasteiger partial charge in [0.15, 0.2) is 0 Å². The number of ether oxygens (including phenoxy) is 1. The fraction of sp³-hybridized carbons (Fsp3) is 0.348. The molecule has 0 unspecified atom stereocenters. The third kappa shape index (κ3) is 3.50. The fourth-order valence-electron chi connectivity index (χ4n) is 4.00. The maximum absolute atomic E-state index is 12.2. The highest BCUT2D eigenvalue weighted by Crippen LogP contribution is 2.36. The number of fused-ring (bicyclic) bond motifs is 1. The molecule has 0 saturated carbocycles. The number of phenols is 1. The van der Waals surface area contributed by atoms with Crippen molar-refractivity contribution < 1.29 is 14.3 Å². The zero-order valence-corrected chi connectivity index (χ0v) is 16.3. The van der Waals surface area contributed by atoms with E-state index in [-0.39, 0.29) is 5.75 Å². The molecule has 0 spiro atoms. The minimum absolute atomic E-state index is 0.216. The third-order valence-corrected chi connectivity index (χ3v) is 5.56. The standard InChI is InChI=1S/C23H25NO4/c1-15-22(26)17(14-24-10-4-3-5-11-24)12-20-19(13-21(25)28-23(15)20)16-6-8-18(27-2)9-7-16/h6-9,12-13,26H,3-5,10-11,14H2,1-2H3. The van der Waals surface area contributed by atoms with Crippen LogP contribution in [0.15, 0.2) is 45.6 Å². The third-order valence-electron chi connectivity index (χ3n) is 5.56. The molecule has 1 aliphatic heterocycles.